The van der Waals surface area contributed by atoms with Crippen LogP contribution in [0.15, 0.2) is 15.5 Å². The monoisotopic (exact) mass is 328 g/mol. The fraction of sp³-hybridized carbons (Fsp3) is 0.692. The Kier molecular flexibility index (Phi) is 4.99. The smallest absolute Gasteiger partial charge is 0.283 e. The number of halogens is 1. The number of hydrogen-bond acceptors (Lipinski definition) is 4. The first kappa shape index (κ1) is 14.5. The van der Waals surface area contributed by atoms with Crippen molar-refractivity contribution in [1.29, 1.82) is 0 Å². The molecule has 1 heterocycles. The third-order valence-electron chi connectivity index (χ3n) is 3.31. The molecule has 0 aliphatic heterocycles. The molecule has 19 heavy (non-hydrogen) atoms. The molecule has 106 valence electrons. The molecule has 1 atom stereocenters. The molecule has 0 spiro atoms. The second-order valence-electron chi connectivity index (χ2n) is 5.35. The Bertz CT molecular complexity index is 484. The molecule has 1 unspecified atom stereocenters. The first-order valence-corrected chi connectivity index (χ1v) is 7.55. The molecule has 6 heteroatoms. The predicted molar refractivity (Wildman–Crippen MR) is 80.5 cm³/mol. The average Bonchev–Trinajstić information content (AvgIpc) is 3.18. The molecule has 2 N–H and O–H groups in total. The van der Waals surface area contributed by atoms with Crippen LogP contribution in [0.5, 0.6) is 0 Å². The topological polar surface area (TPSA) is 59.0 Å². The van der Waals surface area contributed by atoms with Gasteiger partial charge in [0.2, 0.25) is 0 Å². The first-order valence-electron chi connectivity index (χ1n) is 6.76. The van der Waals surface area contributed by atoms with Crippen LogP contribution in [0.4, 0.5) is 5.69 Å². The van der Waals surface area contributed by atoms with Crippen LogP contribution in [0.3, 0.4) is 0 Å². The lowest BCUT2D eigenvalue weighted by Gasteiger charge is -2.14. The maximum absolute atomic E-state index is 12.1. The van der Waals surface area contributed by atoms with Crippen molar-refractivity contribution in [2.45, 2.75) is 26.3 Å². The van der Waals surface area contributed by atoms with Gasteiger partial charge in [-0.2, -0.15) is 5.10 Å². The van der Waals surface area contributed by atoms with Crippen molar-refractivity contribution in [3.8, 4) is 0 Å². The van der Waals surface area contributed by atoms with E-state index in [1.807, 2.05) is 7.05 Å². The molecule has 0 radical (unpaired) electrons. The Hall–Kier alpha value is -0.880. The summed E-state index contributed by atoms with van der Waals surface area (Å²) in [5.41, 5.74) is 0.734. The number of rotatable bonds is 7. The van der Waals surface area contributed by atoms with Gasteiger partial charge in [-0.05, 0) is 54.2 Å². The van der Waals surface area contributed by atoms with Crippen molar-refractivity contribution in [3.63, 3.8) is 0 Å². The lowest BCUT2D eigenvalue weighted by Crippen LogP contribution is -2.27. The van der Waals surface area contributed by atoms with Crippen molar-refractivity contribution in [3.05, 3.63) is 21.0 Å². The number of nitrogens with zero attached hydrogens (tertiary/aromatic N) is 2. The molecular formula is C13H21BrN4O. The highest BCUT2D eigenvalue weighted by atomic mass is 79.9. The minimum atomic E-state index is -0.0434. The Morgan fingerprint density at radius 3 is 2.89 bits per heavy atom. The van der Waals surface area contributed by atoms with Gasteiger partial charge in [0.05, 0.1) is 11.9 Å². The highest BCUT2D eigenvalue weighted by Gasteiger charge is 2.23. The third kappa shape index (κ3) is 4.04. The zero-order chi connectivity index (χ0) is 13.8. The molecule has 5 nitrogen and oxygen atoms in total. The molecule has 1 aromatic rings. The molecule has 0 saturated heterocycles. The summed E-state index contributed by atoms with van der Waals surface area (Å²) >= 11 is 3.38. The Morgan fingerprint density at radius 2 is 2.26 bits per heavy atom. The minimum absolute atomic E-state index is 0.0434. The fourth-order valence-electron chi connectivity index (χ4n) is 1.97. The SMILES string of the molecule is CNCC(C)CNc1cnn(CC2CC2)c(=O)c1Br. The van der Waals surface area contributed by atoms with Crippen LogP contribution in [0, 0.1) is 11.8 Å². The van der Waals surface area contributed by atoms with Crippen LogP contribution in [0.25, 0.3) is 0 Å². The Morgan fingerprint density at radius 1 is 1.53 bits per heavy atom. The third-order valence-corrected chi connectivity index (χ3v) is 4.07. The van der Waals surface area contributed by atoms with E-state index in [9.17, 15) is 4.79 Å². The molecule has 2 rings (SSSR count). The molecule has 1 aromatic heterocycles. The van der Waals surface area contributed by atoms with Crippen LogP contribution in [-0.2, 0) is 6.54 Å². The minimum Gasteiger partial charge on any atom is -0.382 e. The van der Waals surface area contributed by atoms with Gasteiger partial charge >= 0.3 is 0 Å². The fourth-order valence-corrected chi connectivity index (χ4v) is 2.42. The van der Waals surface area contributed by atoms with Crippen LogP contribution in [0.1, 0.15) is 19.8 Å². The molecule has 0 bridgehead atoms. The van der Waals surface area contributed by atoms with Gasteiger partial charge in [0.25, 0.3) is 5.56 Å². The van der Waals surface area contributed by atoms with E-state index in [1.54, 1.807) is 10.9 Å². The number of anilines is 1. The second kappa shape index (κ2) is 6.52. The van der Waals surface area contributed by atoms with Gasteiger partial charge in [-0.1, -0.05) is 6.92 Å². The summed E-state index contributed by atoms with van der Waals surface area (Å²) in [5.74, 6) is 1.14. The van der Waals surface area contributed by atoms with Gasteiger partial charge in [-0.15, -0.1) is 0 Å². The maximum atomic E-state index is 12.1. The van der Waals surface area contributed by atoms with Crippen molar-refractivity contribution >= 4 is 21.6 Å². The van der Waals surface area contributed by atoms with Gasteiger partial charge in [-0.25, -0.2) is 4.68 Å². The number of nitrogens with one attached hydrogen (secondary N) is 2. The average molecular weight is 329 g/mol. The summed E-state index contributed by atoms with van der Waals surface area (Å²) in [6, 6.07) is 0. The molecule has 0 aromatic carbocycles. The van der Waals surface area contributed by atoms with Crippen LogP contribution in [-0.4, -0.2) is 29.9 Å². The summed E-state index contributed by atoms with van der Waals surface area (Å²) < 4.78 is 2.14. The number of aromatic nitrogens is 2. The van der Waals surface area contributed by atoms with Gasteiger partial charge < -0.3 is 10.6 Å². The second-order valence-corrected chi connectivity index (χ2v) is 6.14. The lowest BCUT2D eigenvalue weighted by atomic mass is 10.2. The number of hydrogen-bond donors (Lipinski definition) is 2. The zero-order valence-corrected chi connectivity index (χ0v) is 13.0. The van der Waals surface area contributed by atoms with E-state index in [-0.39, 0.29) is 5.56 Å². The molecule has 0 amide bonds. The van der Waals surface area contributed by atoms with Crippen molar-refractivity contribution in [1.82, 2.24) is 15.1 Å². The van der Waals surface area contributed by atoms with Crippen LogP contribution >= 0.6 is 15.9 Å². The molecule has 1 fully saturated rings. The van der Waals surface area contributed by atoms with E-state index in [2.05, 4.69) is 38.6 Å². The van der Waals surface area contributed by atoms with Crippen LogP contribution in [0.2, 0.25) is 0 Å². The molecular weight excluding hydrogens is 308 g/mol. The summed E-state index contributed by atoms with van der Waals surface area (Å²) in [6.07, 6.45) is 4.17. The molecule has 1 aliphatic rings. The summed E-state index contributed by atoms with van der Waals surface area (Å²) in [5, 5.41) is 10.6. The summed E-state index contributed by atoms with van der Waals surface area (Å²) in [7, 11) is 1.94. The van der Waals surface area contributed by atoms with E-state index in [0.29, 0.717) is 16.3 Å². The standard InChI is InChI=1S/C13H21BrN4O/c1-9(5-15-2)6-16-11-7-17-18(8-10-3-4-10)13(19)12(11)14/h7,9-10,15-16H,3-6,8H2,1-2H3. The van der Waals surface area contributed by atoms with Crippen LogP contribution < -0.4 is 16.2 Å². The highest BCUT2D eigenvalue weighted by Crippen LogP contribution is 2.30. The van der Waals surface area contributed by atoms with Gasteiger partial charge in [0.1, 0.15) is 4.47 Å². The highest BCUT2D eigenvalue weighted by molar-refractivity contribution is 9.10. The van der Waals surface area contributed by atoms with E-state index in [1.165, 1.54) is 12.8 Å². The van der Waals surface area contributed by atoms with E-state index < -0.39 is 0 Å². The largest absolute Gasteiger partial charge is 0.382 e. The Balaban J connectivity index is 2.01. The van der Waals surface area contributed by atoms with Crippen molar-refractivity contribution in [2.75, 3.05) is 25.5 Å². The first-order chi connectivity index (χ1) is 9.11. The van der Waals surface area contributed by atoms with Gasteiger partial charge in [-0.3, -0.25) is 4.79 Å². The predicted octanol–water partition coefficient (Wildman–Crippen LogP) is 1.68. The quantitative estimate of drug-likeness (QED) is 0.799. The molecule has 1 saturated carbocycles. The van der Waals surface area contributed by atoms with Gasteiger partial charge in [0, 0.05) is 13.1 Å². The van der Waals surface area contributed by atoms with Crippen molar-refractivity contribution < 1.29 is 0 Å². The zero-order valence-electron chi connectivity index (χ0n) is 11.4. The Labute approximate surface area is 121 Å². The maximum Gasteiger partial charge on any atom is 0.283 e. The van der Waals surface area contributed by atoms with Crippen molar-refractivity contribution in [2.24, 2.45) is 11.8 Å². The van der Waals surface area contributed by atoms with E-state index >= 15 is 0 Å². The summed E-state index contributed by atoms with van der Waals surface area (Å²) in [6.45, 7) is 4.65. The van der Waals surface area contributed by atoms with E-state index in [4.69, 9.17) is 0 Å². The van der Waals surface area contributed by atoms with Gasteiger partial charge in [0.15, 0.2) is 0 Å². The lowest BCUT2D eigenvalue weighted by molar-refractivity contribution is 0.530. The van der Waals surface area contributed by atoms with E-state index in [0.717, 1.165) is 25.3 Å². The molecule has 1 aliphatic carbocycles. The normalized spacial score (nSPS) is 16.4. The summed E-state index contributed by atoms with van der Waals surface area (Å²) in [4.78, 5) is 12.1.